The number of fused-ring (bicyclic) bond motifs is 1. The van der Waals surface area contributed by atoms with Gasteiger partial charge in [0.25, 0.3) is 0 Å². The first-order chi connectivity index (χ1) is 9.57. The number of thiocarbonyl (C=S) groups is 1. The van der Waals surface area contributed by atoms with Crippen molar-refractivity contribution in [3.05, 3.63) is 29.8 Å². The standard InChI is InChI=1S/C16H22N2S2/c1-16(15(17)19)6-8-18(9-7-16)11-13-10-12-4-2-3-5-14(12)20-13/h2-5,13H,6-11H2,1H3,(H2,17,19). The molecule has 1 atom stereocenters. The monoisotopic (exact) mass is 306 g/mol. The van der Waals surface area contributed by atoms with Gasteiger partial charge in [0.1, 0.15) is 0 Å². The van der Waals surface area contributed by atoms with Gasteiger partial charge in [0.2, 0.25) is 0 Å². The summed E-state index contributed by atoms with van der Waals surface area (Å²) in [4.78, 5) is 4.76. The van der Waals surface area contributed by atoms with Crippen LogP contribution in [0.3, 0.4) is 0 Å². The topological polar surface area (TPSA) is 29.3 Å². The molecule has 4 heteroatoms. The molecule has 0 radical (unpaired) electrons. The molecule has 0 saturated carbocycles. The first kappa shape index (κ1) is 14.4. The summed E-state index contributed by atoms with van der Waals surface area (Å²) >= 11 is 7.26. The third kappa shape index (κ3) is 2.87. The van der Waals surface area contributed by atoms with E-state index in [-0.39, 0.29) is 5.41 Å². The van der Waals surface area contributed by atoms with E-state index in [4.69, 9.17) is 18.0 Å². The maximum Gasteiger partial charge on any atom is 0.0788 e. The molecule has 2 N–H and O–H groups in total. The van der Waals surface area contributed by atoms with Gasteiger partial charge in [-0.3, -0.25) is 0 Å². The lowest BCUT2D eigenvalue weighted by Crippen LogP contribution is -2.46. The van der Waals surface area contributed by atoms with Crippen LogP contribution in [0.25, 0.3) is 0 Å². The van der Waals surface area contributed by atoms with Gasteiger partial charge in [-0.25, -0.2) is 0 Å². The fourth-order valence-electron chi connectivity index (χ4n) is 3.12. The summed E-state index contributed by atoms with van der Waals surface area (Å²) in [5, 5.41) is 0.710. The highest BCUT2D eigenvalue weighted by Gasteiger charge is 2.34. The first-order valence-electron chi connectivity index (χ1n) is 7.34. The molecule has 20 heavy (non-hydrogen) atoms. The van der Waals surface area contributed by atoms with Crippen molar-refractivity contribution < 1.29 is 0 Å². The van der Waals surface area contributed by atoms with E-state index in [0.29, 0.717) is 10.2 Å². The van der Waals surface area contributed by atoms with Gasteiger partial charge in [0.15, 0.2) is 0 Å². The largest absolute Gasteiger partial charge is 0.393 e. The minimum atomic E-state index is 0.0810. The van der Waals surface area contributed by atoms with Gasteiger partial charge >= 0.3 is 0 Å². The van der Waals surface area contributed by atoms with Crippen LogP contribution in [0.15, 0.2) is 29.2 Å². The van der Waals surface area contributed by atoms with Crippen molar-refractivity contribution in [2.24, 2.45) is 11.1 Å². The Hall–Kier alpha value is -0.580. The molecule has 1 aromatic rings. The third-order valence-electron chi connectivity index (χ3n) is 4.73. The lowest BCUT2D eigenvalue weighted by molar-refractivity contribution is 0.165. The van der Waals surface area contributed by atoms with Crippen LogP contribution in [0.2, 0.25) is 0 Å². The van der Waals surface area contributed by atoms with E-state index in [9.17, 15) is 0 Å². The molecule has 1 saturated heterocycles. The SMILES string of the molecule is CC1(C(N)=S)CCN(CC2Cc3ccccc3S2)CC1. The molecular weight excluding hydrogens is 284 g/mol. The van der Waals surface area contributed by atoms with Crippen LogP contribution in [0, 0.1) is 5.41 Å². The molecular formula is C16H22N2S2. The van der Waals surface area contributed by atoms with Crippen LogP contribution in [0.5, 0.6) is 0 Å². The van der Waals surface area contributed by atoms with Crippen LogP contribution >= 0.6 is 24.0 Å². The Kier molecular flexibility index (Phi) is 4.07. The van der Waals surface area contributed by atoms with Crippen LogP contribution in [-0.2, 0) is 6.42 Å². The maximum absolute atomic E-state index is 5.88. The summed E-state index contributed by atoms with van der Waals surface area (Å²) in [6.45, 7) is 5.65. The average molecular weight is 307 g/mol. The molecule has 2 heterocycles. The summed E-state index contributed by atoms with van der Waals surface area (Å²) in [7, 11) is 0. The summed E-state index contributed by atoms with van der Waals surface area (Å²) < 4.78 is 0. The van der Waals surface area contributed by atoms with Crippen molar-refractivity contribution in [2.75, 3.05) is 19.6 Å². The Labute approximate surface area is 131 Å². The molecule has 1 aromatic carbocycles. The summed E-state index contributed by atoms with van der Waals surface area (Å²) in [6, 6.07) is 8.81. The lowest BCUT2D eigenvalue weighted by Gasteiger charge is -2.39. The van der Waals surface area contributed by atoms with Gasteiger partial charge in [-0.1, -0.05) is 37.3 Å². The fourth-order valence-corrected chi connectivity index (χ4v) is 4.69. The van der Waals surface area contributed by atoms with Crippen LogP contribution in [0.4, 0.5) is 0 Å². The zero-order chi connectivity index (χ0) is 14.2. The fraction of sp³-hybridized carbons (Fsp3) is 0.562. The number of nitrogens with zero attached hydrogens (tertiary/aromatic N) is 1. The highest BCUT2D eigenvalue weighted by atomic mass is 32.2. The molecule has 0 aliphatic carbocycles. The minimum Gasteiger partial charge on any atom is -0.393 e. The van der Waals surface area contributed by atoms with E-state index in [0.717, 1.165) is 25.9 Å². The maximum atomic E-state index is 5.88. The van der Waals surface area contributed by atoms with Gasteiger partial charge in [-0.15, -0.1) is 11.8 Å². The third-order valence-corrected chi connectivity index (χ3v) is 6.52. The molecule has 0 spiro atoms. The molecule has 1 unspecified atom stereocenters. The van der Waals surface area contributed by atoms with Crippen molar-refractivity contribution >= 4 is 29.0 Å². The quantitative estimate of drug-likeness (QED) is 0.869. The highest BCUT2D eigenvalue weighted by molar-refractivity contribution is 8.00. The Bertz CT molecular complexity index is 482. The summed E-state index contributed by atoms with van der Waals surface area (Å²) in [5.74, 6) is 0. The smallest absolute Gasteiger partial charge is 0.0788 e. The molecule has 3 rings (SSSR count). The molecule has 2 aliphatic rings. The van der Waals surface area contributed by atoms with Gasteiger partial charge < -0.3 is 10.6 Å². The van der Waals surface area contributed by atoms with Gasteiger partial charge in [-0.05, 0) is 44.0 Å². The number of likely N-dealkylation sites (tertiary alicyclic amines) is 1. The second-order valence-electron chi connectivity index (χ2n) is 6.28. The minimum absolute atomic E-state index is 0.0810. The number of rotatable bonds is 3. The number of benzene rings is 1. The number of thioether (sulfide) groups is 1. The van der Waals surface area contributed by atoms with E-state index >= 15 is 0 Å². The van der Waals surface area contributed by atoms with E-state index < -0.39 is 0 Å². The molecule has 0 amide bonds. The zero-order valence-electron chi connectivity index (χ0n) is 12.0. The molecule has 2 aliphatic heterocycles. The highest BCUT2D eigenvalue weighted by Crippen LogP contribution is 2.38. The Balaban J connectivity index is 1.53. The zero-order valence-corrected chi connectivity index (χ0v) is 13.6. The van der Waals surface area contributed by atoms with Crippen molar-refractivity contribution in [3.63, 3.8) is 0 Å². The average Bonchev–Trinajstić information content (AvgIpc) is 2.83. The van der Waals surface area contributed by atoms with E-state index in [1.54, 1.807) is 0 Å². The predicted molar refractivity (Wildman–Crippen MR) is 90.4 cm³/mol. The summed E-state index contributed by atoms with van der Waals surface area (Å²) in [5.41, 5.74) is 7.48. The van der Waals surface area contributed by atoms with Crippen LogP contribution in [-0.4, -0.2) is 34.8 Å². The summed E-state index contributed by atoms with van der Waals surface area (Å²) in [6.07, 6.45) is 3.42. The van der Waals surface area contributed by atoms with Gasteiger partial charge in [-0.2, -0.15) is 0 Å². The van der Waals surface area contributed by atoms with Crippen molar-refractivity contribution in [1.29, 1.82) is 0 Å². The number of nitrogens with two attached hydrogens (primary N) is 1. The number of hydrogen-bond acceptors (Lipinski definition) is 3. The predicted octanol–water partition coefficient (Wildman–Crippen LogP) is 3.09. The van der Waals surface area contributed by atoms with Crippen molar-refractivity contribution in [3.8, 4) is 0 Å². The Morgan fingerprint density at radius 3 is 2.75 bits per heavy atom. The first-order valence-corrected chi connectivity index (χ1v) is 8.62. The lowest BCUT2D eigenvalue weighted by atomic mass is 9.80. The Morgan fingerprint density at radius 1 is 1.40 bits per heavy atom. The molecule has 0 bridgehead atoms. The molecule has 2 nitrogen and oxygen atoms in total. The van der Waals surface area contributed by atoms with E-state index in [1.165, 1.54) is 23.4 Å². The molecule has 1 fully saturated rings. The Morgan fingerprint density at radius 2 is 2.10 bits per heavy atom. The van der Waals surface area contributed by atoms with Crippen molar-refractivity contribution in [1.82, 2.24) is 4.90 Å². The van der Waals surface area contributed by atoms with Gasteiger partial charge in [0.05, 0.1) is 4.99 Å². The number of piperidine rings is 1. The number of hydrogen-bond donors (Lipinski definition) is 1. The molecule has 108 valence electrons. The normalized spacial score (nSPS) is 25.4. The van der Waals surface area contributed by atoms with Crippen LogP contribution in [0.1, 0.15) is 25.3 Å². The second-order valence-corrected chi connectivity index (χ2v) is 8.06. The van der Waals surface area contributed by atoms with E-state index in [2.05, 4.69) is 36.1 Å². The van der Waals surface area contributed by atoms with E-state index in [1.807, 2.05) is 11.8 Å². The molecule has 0 aromatic heterocycles. The second kappa shape index (κ2) is 5.66. The van der Waals surface area contributed by atoms with Gasteiger partial charge in [0, 0.05) is 22.1 Å². The van der Waals surface area contributed by atoms with Crippen LogP contribution < -0.4 is 5.73 Å². The van der Waals surface area contributed by atoms with Crippen molar-refractivity contribution in [2.45, 2.75) is 36.3 Å².